The number of hydrogen-bond acceptors (Lipinski definition) is 4. The van der Waals surface area contributed by atoms with E-state index in [1.807, 2.05) is 6.07 Å². The summed E-state index contributed by atoms with van der Waals surface area (Å²) in [6.45, 7) is 9.65. The molecule has 4 nitrogen and oxygen atoms in total. The van der Waals surface area contributed by atoms with Crippen molar-refractivity contribution in [3.63, 3.8) is 0 Å². The molecule has 0 unspecified atom stereocenters. The molecule has 0 amide bonds. The molecule has 0 saturated carbocycles. The van der Waals surface area contributed by atoms with Crippen molar-refractivity contribution < 1.29 is 14.6 Å². The van der Waals surface area contributed by atoms with E-state index in [-0.39, 0.29) is 12.6 Å². The van der Waals surface area contributed by atoms with Gasteiger partial charge in [-0.25, -0.2) is 0 Å². The largest absolute Gasteiger partial charge is 0.427 e. The standard InChI is InChI=1S/C28H49NO3/c1-4-7-12-16-25-19-20-27(24-26(25)17-13-8-5-2)32-28(31)18-14-10-9-11-15-21-29(6-3)22-23-30/h19-20,24,30H,4-18,21-23H2,1-3H3. The molecule has 0 radical (unpaired) electrons. The Labute approximate surface area is 197 Å². The quantitative estimate of drug-likeness (QED) is 0.137. The summed E-state index contributed by atoms with van der Waals surface area (Å²) in [5.41, 5.74) is 2.79. The third kappa shape index (κ3) is 13.2. The SMILES string of the molecule is CCCCCc1ccc(OC(=O)CCCCCCCN(CC)CCO)cc1CCCCC. The number of ether oxygens (including phenoxy) is 1. The lowest BCUT2D eigenvalue weighted by Gasteiger charge is -2.18. The zero-order valence-corrected chi connectivity index (χ0v) is 21.2. The van der Waals surface area contributed by atoms with E-state index in [1.54, 1.807) is 0 Å². The van der Waals surface area contributed by atoms with Crippen molar-refractivity contribution in [2.45, 2.75) is 111 Å². The number of aliphatic hydroxyl groups excluding tert-OH is 1. The number of hydrogen-bond donors (Lipinski definition) is 1. The summed E-state index contributed by atoms with van der Waals surface area (Å²) in [7, 11) is 0. The topological polar surface area (TPSA) is 49.8 Å². The summed E-state index contributed by atoms with van der Waals surface area (Å²) in [5, 5.41) is 9.03. The molecule has 0 aromatic heterocycles. The van der Waals surface area contributed by atoms with Crippen LogP contribution in [0.1, 0.15) is 109 Å². The van der Waals surface area contributed by atoms with Crippen molar-refractivity contribution in [2.24, 2.45) is 0 Å². The van der Waals surface area contributed by atoms with Crippen LogP contribution in [0.25, 0.3) is 0 Å². The molecule has 1 N–H and O–H groups in total. The first-order chi connectivity index (χ1) is 15.6. The van der Waals surface area contributed by atoms with Crippen LogP contribution in [0.15, 0.2) is 18.2 Å². The Morgan fingerprint density at radius 3 is 2.12 bits per heavy atom. The van der Waals surface area contributed by atoms with Gasteiger partial charge in [0.1, 0.15) is 5.75 Å². The molecule has 1 aromatic carbocycles. The average Bonchev–Trinajstić information content (AvgIpc) is 2.79. The van der Waals surface area contributed by atoms with Gasteiger partial charge >= 0.3 is 5.97 Å². The number of aliphatic hydroxyl groups is 1. The van der Waals surface area contributed by atoms with Gasteiger partial charge in [-0.1, -0.05) is 71.8 Å². The van der Waals surface area contributed by atoms with Gasteiger partial charge in [0.05, 0.1) is 6.61 Å². The van der Waals surface area contributed by atoms with E-state index in [1.165, 1.54) is 56.1 Å². The maximum absolute atomic E-state index is 12.3. The lowest BCUT2D eigenvalue weighted by Crippen LogP contribution is -2.27. The molecule has 0 aliphatic carbocycles. The van der Waals surface area contributed by atoms with Gasteiger partial charge in [0.15, 0.2) is 0 Å². The predicted octanol–water partition coefficient (Wildman–Crippen LogP) is 6.71. The molecule has 1 rings (SSSR count). The molecule has 32 heavy (non-hydrogen) atoms. The Balaban J connectivity index is 2.36. The predicted molar refractivity (Wildman–Crippen MR) is 135 cm³/mol. The van der Waals surface area contributed by atoms with Crippen molar-refractivity contribution >= 4 is 5.97 Å². The molecule has 0 aliphatic rings. The number of likely N-dealkylation sites (N-methyl/N-ethyl adjacent to an activating group) is 1. The first-order valence-corrected chi connectivity index (χ1v) is 13.3. The van der Waals surface area contributed by atoms with E-state index in [0.29, 0.717) is 12.2 Å². The van der Waals surface area contributed by atoms with Crippen LogP contribution in [0.5, 0.6) is 5.75 Å². The summed E-state index contributed by atoms with van der Waals surface area (Å²) in [6.07, 6.45) is 15.6. The van der Waals surface area contributed by atoms with Crippen LogP contribution in [-0.2, 0) is 17.6 Å². The Bertz CT molecular complexity index is 602. The number of rotatable bonds is 20. The summed E-state index contributed by atoms with van der Waals surface area (Å²) in [5.74, 6) is 0.604. The minimum Gasteiger partial charge on any atom is -0.427 e. The third-order valence-corrected chi connectivity index (χ3v) is 6.23. The van der Waals surface area contributed by atoms with Crippen molar-refractivity contribution in [1.82, 2.24) is 4.90 Å². The second kappa shape index (κ2) is 19.1. The fourth-order valence-electron chi connectivity index (χ4n) is 4.16. The van der Waals surface area contributed by atoms with Crippen molar-refractivity contribution in [3.05, 3.63) is 29.3 Å². The second-order valence-corrected chi connectivity index (χ2v) is 8.99. The molecule has 0 fully saturated rings. The number of esters is 1. The molecular weight excluding hydrogens is 398 g/mol. The molecule has 0 spiro atoms. The van der Waals surface area contributed by atoms with Gasteiger partial charge in [-0.3, -0.25) is 4.79 Å². The smallest absolute Gasteiger partial charge is 0.311 e. The van der Waals surface area contributed by atoms with Crippen LogP contribution >= 0.6 is 0 Å². The van der Waals surface area contributed by atoms with Crippen LogP contribution in [0, 0.1) is 0 Å². The fourth-order valence-corrected chi connectivity index (χ4v) is 4.16. The first kappa shape index (κ1) is 28.6. The highest BCUT2D eigenvalue weighted by Gasteiger charge is 2.09. The van der Waals surface area contributed by atoms with Gasteiger partial charge in [0, 0.05) is 13.0 Å². The van der Waals surface area contributed by atoms with E-state index in [2.05, 4.69) is 37.8 Å². The molecule has 0 bridgehead atoms. The lowest BCUT2D eigenvalue weighted by molar-refractivity contribution is -0.134. The van der Waals surface area contributed by atoms with Gasteiger partial charge in [-0.05, 0) is 74.9 Å². The zero-order valence-electron chi connectivity index (χ0n) is 21.2. The van der Waals surface area contributed by atoms with Gasteiger partial charge in [-0.15, -0.1) is 0 Å². The highest BCUT2D eigenvalue weighted by molar-refractivity contribution is 5.72. The number of carbonyl (C=O) groups is 1. The van der Waals surface area contributed by atoms with E-state index in [9.17, 15) is 4.79 Å². The van der Waals surface area contributed by atoms with E-state index in [4.69, 9.17) is 9.84 Å². The van der Waals surface area contributed by atoms with Crippen LogP contribution in [0.3, 0.4) is 0 Å². The zero-order chi connectivity index (χ0) is 23.4. The third-order valence-electron chi connectivity index (χ3n) is 6.23. The number of nitrogens with zero attached hydrogens (tertiary/aromatic N) is 1. The van der Waals surface area contributed by atoms with Gasteiger partial charge < -0.3 is 14.7 Å². The monoisotopic (exact) mass is 447 g/mol. The molecule has 0 heterocycles. The Kier molecular flexibility index (Phi) is 17.1. The second-order valence-electron chi connectivity index (χ2n) is 8.99. The minimum atomic E-state index is -0.108. The number of aryl methyl sites for hydroxylation is 2. The summed E-state index contributed by atoms with van der Waals surface area (Å²) >= 11 is 0. The Morgan fingerprint density at radius 2 is 1.47 bits per heavy atom. The van der Waals surface area contributed by atoms with Crippen molar-refractivity contribution in [3.8, 4) is 5.75 Å². The van der Waals surface area contributed by atoms with Gasteiger partial charge in [0.25, 0.3) is 0 Å². The van der Waals surface area contributed by atoms with E-state index >= 15 is 0 Å². The maximum atomic E-state index is 12.3. The summed E-state index contributed by atoms with van der Waals surface area (Å²) in [6, 6.07) is 6.27. The molecule has 1 aromatic rings. The lowest BCUT2D eigenvalue weighted by atomic mass is 9.97. The van der Waals surface area contributed by atoms with Crippen LogP contribution in [0.4, 0.5) is 0 Å². The highest BCUT2D eigenvalue weighted by Crippen LogP contribution is 2.23. The number of benzene rings is 1. The minimum absolute atomic E-state index is 0.108. The molecule has 0 saturated heterocycles. The normalized spacial score (nSPS) is 11.3. The van der Waals surface area contributed by atoms with Gasteiger partial charge in [-0.2, -0.15) is 0 Å². The maximum Gasteiger partial charge on any atom is 0.311 e. The molecular formula is C28H49NO3. The number of carbonyl (C=O) groups excluding carboxylic acids is 1. The van der Waals surface area contributed by atoms with E-state index in [0.717, 1.165) is 58.2 Å². The van der Waals surface area contributed by atoms with Crippen LogP contribution in [-0.4, -0.2) is 42.2 Å². The molecule has 0 aliphatic heterocycles. The number of unbranched alkanes of at least 4 members (excludes halogenated alkanes) is 8. The molecule has 0 atom stereocenters. The van der Waals surface area contributed by atoms with Crippen LogP contribution < -0.4 is 4.74 Å². The molecule has 184 valence electrons. The summed E-state index contributed by atoms with van der Waals surface area (Å²) in [4.78, 5) is 14.6. The molecule has 4 heteroatoms. The highest BCUT2D eigenvalue weighted by atomic mass is 16.5. The summed E-state index contributed by atoms with van der Waals surface area (Å²) < 4.78 is 5.67. The van der Waals surface area contributed by atoms with Crippen molar-refractivity contribution in [2.75, 3.05) is 26.2 Å². The van der Waals surface area contributed by atoms with Crippen molar-refractivity contribution in [1.29, 1.82) is 0 Å². The average molecular weight is 448 g/mol. The Morgan fingerprint density at radius 1 is 0.812 bits per heavy atom. The van der Waals surface area contributed by atoms with E-state index < -0.39 is 0 Å². The van der Waals surface area contributed by atoms with Gasteiger partial charge in [0.2, 0.25) is 0 Å². The Hall–Kier alpha value is -1.39. The first-order valence-electron chi connectivity index (χ1n) is 13.3. The van der Waals surface area contributed by atoms with Crippen LogP contribution in [0.2, 0.25) is 0 Å². The fraction of sp³-hybridized carbons (Fsp3) is 0.750.